The smallest absolute Gasteiger partial charge is 0.306 e. The van der Waals surface area contributed by atoms with Gasteiger partial charge in [-0.05, 0) is 50.7 Å². The van der Waals surface area contributed by atoms with Crippen LogP contribution in [0.15, 0.2) is 16.9 Å². The third kappa shape index (κ3) is 4.74. The van der Waals surface area contributed by atoms with Gasteiger partial charge in [-0.1, -0.05) is 12.8 Å². The van der Waals surface area contributed by atoms with Gasteiger partial charge in [0.1, 0.15) is 17.0 Å². The molecule has 0 radical (unpaired) electrons. The van der Waals surface area contributed by atoms with Crippen molar-refractivity contribution >= 4 is 34.3 Å². The zero-order valence-electron chi connectivity index (χ0n) is 16.2. The first-order chi connectivity index (χ1) is 14.0. The Bertz CT molecular complexity index is 950. The van der Waals surface area contributed by atoms with Crippen molar-refractivity contribution in [1.82, 2.24) is 9.97 Å². The fourth-order valence-electron chi connectivity index (χ4n) is 4.40. The molecule has 2 aliphatic rings. The molecule has 1 aromatic heterocycles. The van der Waals surface area contributed by atoms with Gasteiger partial charge in [0.05, 0.1) is 17.2 Å². The van der Waals surface area contributed by atoms with Crippen molar-refractivity contribution in [3.05, 3.63) is 34.1 Å². The van der Waals surface area contributed by atoms with Crippen LogP contribution in [0.5, 0.6) is 0 Å². The van der Waals surface area contributed by atoms with Gasteiger partial charge in [0.25, 0.3) is 5.56 Å². The Kier molecular flexibility index (Phi) is 6.08. The molecule has 0 spiro atoms. The first-order valence-corrected chi connectivity index (χ1v) is 11.4. The van der Waals surface area contributed by atoms with Crippen LogP contribution in [0.2, 0.25) is 0 Å². The van der Waals surface area contributed by atoms with Gasteiger partial charge in [0.2, 0.25) is 0 Å². The van der Waals surface area contributed by atoms with E-state index < -0.39 is 17.3 Å². The molecule has 0 atom stereocenters. The predicted molar refractivity (Wildman–Crippen MR) is 113 cm³/mol. The summed E-state index contributed by atoms with van der Waals surface area (Å²) in [5, 5.41) is 12.8. The lowest BCUT2D eigenvalue weighted by Gasteiger charge is -2.25. The predicted octanol–water partition coefficient (Wildman–Crippen LogP) is 4.29. The number of fused-ring (bicyclic) bond motifs is 1. The molecule has 4 rings (SSSR count). The molecule has 156 valence electrons. The number of rotatable bonds is 6. The minimum Gasteiger partial charge on any atom is -0.481 e. The van der Waals surface area contributed by atoms with Crippen molar-refractivity contribution in [3.8, 4) is 0 Å². The molecule has 2 aliphatic carbocycles. The number of hydrogen-bond acceptors (Lipinski definition) is 5. The zero-order valence-corrected chi connectivity index (χ0v) is 17.1. The summed E-state index contributed by atoms with van der Waals surface area (Å²) in [6.07, 6.45) is 7.60. The number of thioether (sulfide) groups is 1. The van der Waals surface area contributed by atoms with E-state index in [1.54, 1.807) is 17.8 Å². The maximum atomic E-state index is 14.5. The van der Waals surface area contributed by atoms with Gasteiger partial charge in [0.15, 0.2) is 0 Å². The number of H-pyrrole nitrogens is 1. The van der Waals surface area contributed by atoms with Crippen molar-refractivity contribution in [2.45, 2.75) is 68.4 Å². The third-order valence-corrected chi connectivity index (χ3v) is 7.40. The Labute approximate surface area is 172 Å². The number of nitrogens with one attached hydrogen (secondary N) is 2. The molecule has 0 amide bonds. The molecule has 2 fully saturated rings. The normalized spacial score (nSPS) is 22.8. The average molecular weight is 420 g/mol. The quantitative estimate of drug-likeness (QED) is 0.646. The summed E-state index contributed by atoms with van der Waals surface area (Å²) in [5.41, 5.74) is 0.593. The summed E-state index contributed by atoms with van der Waals surface area (Å²) in [4.78, 5) is 30.7. The first-order valence-electron chi connectivity index (χ1n) is 10.3. The van der Waals surface area contributed by atoms with Crippen LogP contribution in [0.3, 0.4) is 0 Å². The first kappa shape index (κ1) is 20.2. The number of carboxylic acids is 1. The highest BCUT2D eigenvalue weighted by atomic mass is 32.2. The Morgan fingerprint density at radius 3 is 2.62 bits per heavy atom. The molecule has 0 saturated heterocycles. The molecule has 1 heterocycles. The van der Waals surface area contributed by atoms with Crippen LogP contribution in [-0.2, 0) is 10.5 Å². The molecule has 8 heteroatoms. The number of aromatic amines is 1. The maximum Gasteiger partial charge on any atom is 0.306 e. The Hall–Kier alpha value is -2.09. The minimum absolute atomic E-state index is 0.00214. The summed E-state index contributed by atoms with van der Waals surface area (Å²) in [6.45, 7) is 0. The second-order valence-electron chi connectivity index (χ2n) is 8.11. The highest BCUT2D eigenvalue weighted by Gasteiger charge is 2.26. The summed E-state index contributed by atoms with van der Waals surface area (Å²) >= 11 is 1.68. The molecule has 3 N–H and O–H groups in total. The number of anilines is 1. The van der Waals surface area contributed by atoms with E-state index in [4.69, 9.17) is 5.11 Å². The van der Waals surface area contributed by atoms with Crippen molar-refractivity contribution in [2.24, 2.45) is 5.92 Å². The molecule has 0 bridgehead atoms. The van der Waals surface area contributed by atoms with Crippen LogP contribution in [0.4, 0.5) is 10.1 Å². The number of benzene rings is 1. The monoisotopic (exact) mass is 419 g/mol. The van der Waals surface area contributed by atoms with Gasteiger partial charge in [-0.15, -0.1) is 0 Å². The van der Waals surface area contributed by atoms with Crippen molar-refractivity contribution in [2.75, 3.05) is 5.32 Å². The number of carboxylic acid groups (broad SMARTS) is 1. The molecule has 1 aromatic carbocycles. The van der Waals surface area contributed by atoms with E-state index in [0.717, 1.165) is 25.7 Å². The van der Waals surface area contributed by atoms with E-state index in [-0.39, 0.29) is 11.3 Å². The number of aromatic nitrogens is 2. The van der Waals surface area contributed by atoms with Crippen molar-refractivity contribution < 1.29 is 14.3 Å². The van der Waals surface area contributed by atoms with Crippen LogP contribution < -0.4 is 10.9 Å². The summed E-state index contributed by atoms with van der Waals surface area (Å²) in [6, 6.07) is 3.50. The number of hydrogen-bond donors (Lipinski definition) is 3. The van der Waals surface area contributed by atoms with E-state index in [1.807, 2.05) is 0 Å². The van der Waals surface area contributed by atoms with Crippen molar-refractivity contribution in [1.29, 1.82) is 0 Å². The molecular formula is C21H26FN3O3S. The second-order valence-corrected chi connectivity index (χ2v) is 9.40. The van der Waals surface area contributed by atoms with E-state index in [1.165, 1.54) is 18.9 Å². The molecule has 6 nitrogen and oxygen atoms in total. The van der Waals surface area contributed by atoms with Gasteiger partial charge in [-0.25, -0.2) is 9.37 Å². The topological polar surface area (TPSA) is 95.1 Å². The van der Waals surface area contributed by atoms with Crippen LogP contribution >= 0.6 is 11.8 Å². The molecule has 2 saturated carbocycles. The fourth-order valence-corrected chi connectivity index (χ4v) is 5.54. The Morgan fingerprint density at radius 2 is 1.93 bits per heavy atom. The van der Waals surface area contributed by atoms with E-state index in [0.29, 0.717) is 46.9 Å². The third-order valence-electron chi connectivity index (χ3n) is 6.01. The van der Waals surface area contributed by atoms with E-state index >= 15 is 0 Å². The highest BCUT2D eigenvalue weighted by Crippen LogP contribution is 2.33. The Balaban J connectivity index is 1.47. The van der Waals surface area contributed by atoms with Gasteiger partial charge in [-0.3, -0.25) is 9.59 Å². The molecule has 0 unspecified atom stereocenters. The van der Waals surface area contributed by atoms with Gasteiger partial charge >= 0.3 is 5.97 Å². The van der Waals surface area contributed by atoms with Crippen LogP contribution in [-0.4, -0.2) is 32.3 Å². The fraction of sp³-hybridized carbons (Fsp3) is 0.571. The highest BCUT2D eigenvalue weighted by molar-refractivity contribution is 7.99. The molecular weight excluding hydrogens is 393 g/mol. The number of carbonyl (C=O) groups is 1. The second kappa shape index (κ2) is 8.73. The number of halogens is 1. The summed E-state index contributed by atoms with van der Waals surface area (Å²) in [5.74, 6) is -0.444. The van der Waals surface area contributed by atoms with Gasteiger partial charge in [-0.2, -0.15) is 11.8 Å². The summed E-state index contributed by atoms with van der Waals surface area (Å²) in [7, 11) is 0. The standard InChI is InChI=1S/C21H26FN3O3S/c22-16-9-14(23-13-3-1-2-4-13)10-17-19(16)20(26)25-18(24-17)11-29-15-7-5-12(6-8-15)21(27)28/h9-10,12-13,15,23H,1-8,11H2,(H,27,28)(H,24,25,26)/t12-,15+. The Morgan fingerprint density at radius 1 is 1.21 bits per heavy atom. The van der Waals surface area contributed by atoms with Gasteiger partial charge in [0, 0.05) is 17.0 Å². The van der Waals surface area contributed by atoms with Crippen LogP contribution in [0, 0.1) is 11.7 Å². The van der Waals surface area contributed by atoms with E-state index in [2.05, 4.69) is 15.3 Å². The largest absolute Gasteiger partial charge is 0.481 e. The van der Waals surface area contributed by atoms with Gasteiger partial charge < -0.3 is 15.4 Å². The van der Waals surface area contributed by atoms with E-state index in [9.17, 15) is 14.0 Å². The maximum absolute atomic E-state index is 14.5. The molecule has 2 aromatic rings. The van der Waals surface area contributed by atoms with Crippen LogP contribution in [0.25, 0.3) is 10.9 Å². The lowest BCUT2D eigenvalue weighted by Crippen LogP contribution is -2.23. The number of aliphatic carboxylic acids is 1. The lowest BCUT2D eigenvalue weighted by molar-refractivity contribution is -0.142. The zero-order chi connectivity index (χ0) is 20.4. The van der Waals surface area contributed by atoms with Crippen LogP contribution in [0.1, 0.15) is 57.2 Å². The summed E-state index contributed by atoms with van der Waals surface area (Å²) < 4.78 is 14.5. The SMILES string of the molecule is O=c1[nH]c(CS[C@H]2CC[C@@H](C(=O)O)CC2)nc2cc(NC3CCCC3)cc(F)c12. The van der Waals surface area contributed by atoms with Crippen molar-refractivity contribution in [3.63, 3.8) is 0 Å². The average Bonchev–Trinajstić information content (AvgIpc) is 3.19. The number of nitrogens with zero attached hydrogens (tertiary/aromatic N) is 1. The minimum atomic E-state index is -0.710. The molecule has 0 aliphatic heterocycles. The molecule has 29 heavy (non-hydrogen) atoms. The lowest BCUT2D eigenvalue weighted by atomic mass is 9.89.